The first kappa shape index (κ1) is 10.9. The second-order valence-electron chi connectivity index (χ2n) is 4.28. The quantitative estimate of drug-likeness (QED) is 0.760. The van der Waals surface area contributed by atoms with Crippen LogP contribution in [-0.4, -0.2) is 33.0 Å². The van der Waals surface area contributed by atoms with Crippen molar-refractivity contribution in [2.24, 2.45) is 20.8 Å². The van der Waals surface area contributed by atoms with Crippen molar-refractivity contribution in [2.75, 3.05) is 0 Å². The van der Waals surface area contributed by atoms with Crippen molar-refractivity contribution in [3.63, 3.8) is 0 Å². The Hall–Kier alpha value is -3.00. The highest BCUT2D eigenvalue weighted by molar-refractivity contribution is 6.37. The minimum Gasteiger partial charge on any atom is -0.363 e. The number of nitrogens with zero attached hydrogens (tertiary/aromatic N) is 7. The lowest BCUT2D eigenvalue weighted by Gasteiger charge is -2.23. The summed E-state index contributed by atoms with van der Waals surface area (Å²) in [5.74, 6) is 0.826. The van der Waals surface area contributed by atoms with E-state index < -0.39 is 0 Å². The zero-order valence-electron chi connectivity index (χ0n) is 10.2. The van der Waals surface area contributed by atoms with E-state index in [4.69, 9.17) is 5.73 Å². The molecule has 8 nitrogen and oxygen atoms in total. The molecule has 20 heavy (non-hydrogen) atoms. The average Bonchev–Trinajstić information content (AvgIpc) is 2.83. The number of aliphatic imine (C=N–C) groups is 2. The molecule has 0 fully saturated rings. The second kappa shape index (κ2) is 3.75. The van der Waals surface area contributed by atoms with E-state index in [0.717, 1.165) is 5.69 Å². The molecule has 8 heteroatoms. The summed E-state index contributed by atoms with van der Waals surface area (Å²) in [6.45, 7) is 0. The van der Waals surface area contributed by atoms with Gasteiger partial charge in [0.15, 0.2) is 17.5 Å². The fourth-order valence-electron chi connectivity index (χ4n) is 2.21. The Morgan fingerprint density at radius 2 is 2.00 bits per heavy atom. The molecule has 2 aromatic rings. The van der Waals surface area contributed by atoms with Crippen LogP contribution in [0.25, 0.3) is 11.2 Å². The molecule has 4 rings (SSSR count). The van der Waals surface area contributed by atoms with Gasteiger partial charge in [0.2, 0.25) is 0 Å². The van der Waals surface area contributed by atoms with Crippen LogP contribution in [0.1, 0.15) is 0 Å². The molecular formula is C12H9N8+. The molecule has 2 aliphatic rings. The highest BCUT2D eigenvalue weighted by Gasteiger charge is 2.42. The maximum absolute atomic E-state index is 5.73. The summed E-state index contributed by atoms with van der Waals surface area (Å²) in [7, 11) is 0. The molecule has 0 radical (unpaired) electrons. The van der Waals surface area contributed by atoms with Gasteiger partial charge in [-0.3, -0.25) is 9.98 Å². The molecule has 0 bridgehead atoms. The van der Waals surface area contributed by atoms with Gasteiger partial charge in [-0.1, -0.05) is 4.59 Å². The van der Waals surface area contributed by atoms with Gasteiger partial charge in [0, 0.05) is 18.5 Å². The largest absolute Gasteiger partial charge is 0.363 e. The minimum atomic E-state index is 0.0227. The Bertz CT molecular complexity index is 834. The Morgan fingerprint density at radius 3 is 2.95 bits per heavy atom. The third-order valence-electron chi connectivity index (χ3n) is 3.10. The summed E-state index contributed by atoms with van der Waals surface area (Å²) < 4.78 is 0.0227. The third kappa shape index (κ3) is 1.39. The maximum Gasteiger partial charge on any atom is 0.286 e. The van der Waals surface area contributed by atoms with Gasteiger partial charge in [-0.2, -0.15) is 4.99 Å². The number of aromatic nitrogens is 3. The van der Waals surface area contributed by atoms with Gasteiger partial charge in [-0.15, -0.1) is 0 Å². The van der Waals surface area contributed by atoms with E-state index in [1.54, 1.807) is 37.2 Å². The number of amidine groups is 1. The molecule has 0 amide bonds. The van der Waals surface area contributed by atoms with Gasteiger partial charge in [-0.05, 0) is 5.10 Å². The van der Waals surface area contributed by atoms with Crippen molar-refractivity contribution in [3.8, 4) is 0 Å². The monoisotopic (exact) mass is 265 g/mol. The first-order valence-corrected chi connectivity index (χ1v) is 5.90. The van der Waals surface area contributed by atoms with E-state index in [2.05, 4.69) is 30.0 Å². The molecule has 2 aromatic heterocycles. The van der Waals surface area contributed by atoms with Crippen LogP contribution >= 0.6 is 0 Å². The summed E-state index contributed by atoms with van der Waals surface area (Å²) in [5.41, 5.74) is 7.78. The zero-order valence-corrected chi connectivity index (χ0v) is 10.2. The maximum atomic E-state index is 5.73. The normalized spacial score (nSPS) is 23.6. The van der Waals surface area contributed by atoms with Gasteiger partial charge in [-0.25, -0.2) is 9.97 Å². The van der Waals surface area contributed by atoms with Gasteiger partial charge >= 0.3 is 0 Å². The number of fused-ring (bicyclic) bond motifs is 2. The lowest BCUT2D eigenvalue weighted by molar-refractivity contribution is 0.590. The Labute approximate surface area is 113 Å². The highest BCUT2D eigenvalue weighted by atomic mass is 15.7. The standard InChI is InChI=1S/C12H9N8/c13-12-18-10-7-14-3-4-20(10,19-12)8-5-9-11(17-6-8)16-2-1-15-9/h1-7H,(H2,13,19)/q+1. The number of hydrogen-bond donors (Lipinski definition) is 1. The molecule has 2 N–H and O–H groups in total. The highest BCUT2D eigenvalue weighted by Crippen LogP contribution is 2.30. The smallest absolute Gasteiger partial charge is 0.286 e. The van der Waals surface area contributed by atoms with Gasteiger partial charge < -0.3 is 5.73 Å². The van der Waals surface area contributed by atoms with Crippen molar-refractivity contribution in [1.82, 2.24) is 19.5 Å². The van der Waals surface area contributed by atoms with Crippen LogP contribution in [0.5, 0.6) is 0 Å². The van der Waals surface area contributed by atoms with Crippen molar-refractivity contribution < 1.29 is 0 Å². The molecular weight excluding hydrogens is 256 g/mol. The van der Waals surface area contributed by atoms with E-state index in [9.17, 15) is 0 Å². The Balaban J connectivity index is 1.96. The number of quaternary nitrogens is 1. The number of nitrogens with two attached hydrogens (primary N) is 1. The zero-order chi connectivity index (χ0) is 13.6. The van der Waals surface area contributed by atoms with Gasteiger partial charge in [0.25, 0.3) is 11.8 Å². The summed E-state index contributed by atoms with van der Waals surface area (Å²) in [5, 5.41) is 4.38. The molecule has 0 aliphatic carbocycles. The van der Waals surface area contributed by atoms with Crippen LogP contribution in [-0.2, 0) is 0 Å². The van der Waals surface area contributed by atoms with E-state index in [1.807, 2.05) is 6.07 Å². The first-order valence-electron chi connectivity index (χ1n) is 5.90. The summed E-state index contributed by atoms with van der Waals surface area (Å²) in [6, 6.07) is 1.87. The molecule has 0 saturated carbocycles. The van der Waals surface area contributed by atoms with Crippen LogP contribution in [0.2, 0.25) is 0 Å². The topological polar surface area (TPSA) is 102 Å². The van der Waals surface area contributed by atoms with E-state index in [1.165, 1.54) is 0 Å². The molecule has 96 valence electrons. The van der Waals surface area contributed by atoms with Gasteiger partial charge in [0.05, 0.1) is 12.4 Å². The predicted molar refractivity (Wildman–Crippen MR) is 75.8 cm³/mol. The van der Waals surface area contributed by atoms with E-state index >= 15 is 0 Å². The second-order valence-corrected chi connectivity index (χ2v) is 4.28. The number of pyridine rings is 1. The molecule has 2 aliphatic heterocycles. The van der Waals surface area contributed by atoms with E-state index in [-0.39, 0.29) is 10.6 Å². The molecule has 0 spiro atoms. The molecule has 1 unspecified atom stereocenters. The number of hydrogen-bond acceptors (Lipinski definition) is 7. The van der Waals surface area contributed by atoms with Crippen LogP contribution in [0.4, 0.5) is 5.69 Å². The molecule has 0 saturated heterocycles. The lowest BCUT2D eigenvalue weighted by atomic mass is 10.3. The summed E-state index contributed by atoms with van der Waals surface area (Å²) in [6.07, 6.45) is 9.99. The molecule has 4 heterocycles. The predicted octanol–water partition coefficient (Wildman–Crippen LogP) is 0.529. The fraction of sp³-hybridized carbons (Fsp3) is 0. The number of guanidine groups is 1. The van der Waals surface area contributed by atoms with Crippen molar-refractivity contribution in [3.05, 3.63) is 37.1 Å². The summed E-state index contributed by atoms with van der Waals surface area (Å²) in [4.78, 5) is 21.0. The summed E-state index contributed by atoms with van der Waals surface area (Å²) >= 11 is 0. The first-order chi connectivity index (χ1) is 9.78. The van der Waals surface area contributed by atoms with Crippen molar-refractivity contribution in [2.45, 2.75) is 0 Å². The fourth-order valence-corrected chi connectivity index (χ4v) is 2.21. The van der Waals surface area contributed by atoms with Crippen LogP contribution < -0.4 is 10.3 Å². The van der Waals surface area contributed by atoms with Crippen molar-refractivity contribution in [1.29, 1.82) is 0 Å². The van der Waals surface area contributed by atoms with Crippen LogP contribution in [0.3, 0.4) is 0 Å². The number of rotatable bonds is 1. The molecule has 0 aromatic carbocycles. The molecule has 1 atom stereocenters. The average molecular weight is 265 g/mol. The third-order valence-corrected chi connectivity index (χ3v) is 3.10. The van der Waals surface area contributed by atoms with Crippen LogP contribution in [0.15, 0.2) is 52.1 Å². The SMILES string of the molecule is NC1=N[N+]2(c3cnc4nccnc4c3)C=CN=CC2=N1. The van der Waals surface area contributed by atoms with Crippen LogP contribution in [0, 0.1) is 0 Å². The Kier molecular flexibility index (Phi) is 2.04. The minimum absolute atomic E-state index is 0.0227. The van der Waals surface area contributed by atoms with Crippen molar-refractivity contribution >= 4 is 34.9 Å². The van der Waals surface area contributed by atoms with Gasteiger partial charge in [0.1, 0.15) is 11.7 Å². The Morgan fingerprint density at radius 1 is 1.10 bits per heavy atom. The lowest BCUT2D eigenvalue weighted by Crippen LogP contribution is -2.44. The van der Waals surface area contributed by atoms with E-state index in [0.29, 0.717) is 17.0 Å².